The van der Waals surface area contributed by atoms with Crippen LogP contribution in [0, 0.1) is 6.92 Å². The van der Waals surface area contributed by atoms with E-state index in [2.05, 4.69) is 26.1 Å². The number of hydrogen-bond donors (Lipinski definition) is 0. The van der Waals surface area contributed by atoms with Gasteiger partial charge < -0.3 is 14.0 Å². The summed E-state index contributed by atoms with van der Waals surface area (Å²) in [5, 5.41) is 3.87. The Labute approximate surface area is 193 Å². The van der Waals surface area contributed by atoms with Crippen molar-refractivity contribution in [3.05, 3.63) is 94.1 Å². The van der Waals surface area contributed by atoms with Crippen molar-refractivity contribution in [1.82, 2.24) is 5.16 Å². The Morgan fingerprint density at radius 3 is 2.53 bits per heavy atom. The average Bonchev–Trinajstić information content (AvgIpc) is 3.30. The highest BCUT2D eigenvalue weighted by Crippen LogP contribution is 2.32. The molecular formula is C25H19BrN2O4. The fourth-order valence-corrected chi connectivity index (χ4v) is 3.21. The zero-order chi connectivity index (χ0) is 22.5. The van der Waals surface area contributed by atoms with Gasteiger partial charge in [-0.15, -0.1) is 0 Å². The molecule has 0 saturated heterocycles. The van der Waals surface area contributed by atoms with Crippen molar-refractivity contribution < 1.29 is 18.8 Å². The standard InChI is InChI=1S/C25H19BrN2O4/c1-16-6-8-17(9-7-16)23-14-21(28-32-23)25(29)31-24-18(4-3-5-22(24)30-2)15-27-20-12-10-19(26)11-13-20/h3-15H,1-2H3. The second kappa shape index (κ2) is 9.62. The number of methoxy groups -OCH3 is 1. The third kappa shape index (κ3) is 4.95. The third-order valence-electron chi connectivity index (χ3n) is 4.66. The van der Waals surface area contributed by atoms with Crippen molar-refractivity contribution in [3.63, 3.8) is 0 Å². The Bertz CT molecular complexity index is 1260. The van der Waals surface area contributed by atoms with Crippen molar-refractivity contribution in [2.75, 3.05) is 7.11 Å². The van der Waals surface area contributed by atoms with Crippen molar-refractivity contribution in [3.8, 4) is 22.8 Å². The van der Waals surface area contributed by atoms with Gasteiger partial charge in [0.15, 0.2) is 23.0 Å². The molecule has 0 amide bonds. The normalized spacial score (nSPS) is 11.0. The highest BCUT2D eigenvalue weighted by molar-refractivity contribution is 9.10. The summed E-state index contributed by atoms with van der Waals surface area (Å²) >= 11 is 3.40. The van der Waals surface area contributed by atoms with E-state index in [0.717, 1.165) is 21.3 Å². The summed E-state index contributed by atoms with van der Waals surface area (Å²) in [4.78, 5) is 17.3. The summed E-state index contributed by atoms with van der Waals surface area (Å²) in [6.07, 6.45) is 1.62. The predicted molar refractivity (Wildman–Crippen MR) is 126 cm³/mol. The maximum Gasteiger partial charge on any atom is 0.366 e. The second-order valence-electron chi connectivity index (χ2n) is 6.95. The Balaban J connectivity index is 1.59. The zero-order valence-electron chi connectivity index (χ0n) is 17.4. The van der Waals surface area contributed by atoms with Crippen molar-refractivity contribution in [2.24, 2.45) is 4.99 Å². The largest absolute Gasteiger partial charge is 0.493 e. The van der Waals surface area contributed by atoms with Gasteiger partial charge in [0.1, 0.15) is 0 Å². The number of aryl methyl sites for hydroxylation is 1. The molecule has 0 unspecified atom stereocenters. The van der Waals surface area contributed by atoms with Crippen LogP contribution in [0.5, 0.6) is 11.5 Å². The number of hydrogen-bond acceptors (Lipinski definition) is 6. The Kier molecular flexibility index (Phi) is 6.47. The van der Waals surface area contributed by atoms with E-state index in [1.54, 1.807) is 30.5 Å². The molecule has 0 aliphatic heterocycles. The highest BCUT2D eigenvalue weighted by Gasteiger charge is 2.20. The molecule has 0 spiro atoms. The SMILES string of the molecule is COc1cccc(C=Nc2ccc(Br)cc2)c1OC(=O)c1cc(-c2ccc(C)cc2)on1. The highest BCUT2D eigenvalue weighted by atomic mass is 79.9. The molecule has 32 heavy (non-hydrogen) atoms. The molecule has 1 aromatic heterocycles. The maximum atomic E-state index is 12.8. The molecule has 7 heteroatoms. The molecule has 4 aromatic rings. The predicted octanol–water partition coefficient (Wildman–Crippen LogP) is 6.39. The lowest BCUT2D eigenvalue weighted by molar-refractivity contribution is 0.0718. The van der Waals surface area contributed by atoms with Gasteiger partial charge in [0, 0.05) is 27.9 Å². The average molecular weight is 491 g/mol. The molecule has 0 N–H and O–H groups in total. The van der Waals surface area contributed by atoms with E-state index in [-0.39, 0.29) is 11.4 Å². The molecular weight excluding hydrogens is 472 g/mol. The number of ether oxygens (including phenoxy) is 2. The van der Waals surface area contributed by atoms with Gasteiger partial charge >= 0.3 is 5.97 Å². The number of carbonyl (C=O) groups excluding carboxylic acids is 1. The lowest BCUT2D eigenvalue weighted by atomic mass is 10.1. The molecule has 0 radical (unpaired) electrons. The van der Waals surface area contributed by atoms with E-state index in [1.165, 1.54) is 7.11 Å². The number of aromatic nitrogens is 1. The summed E-state index contributed by atoms with van der Waals surface area (Å²) in [5.41, 5.74) is 3.35. The first-order chi connectivity index (χ1) is 15.5. The van der Waals surface area contributed by atoms with Crippen LogP contribution in [0.15, 0.2) is 86.8 Å². The molecule has 160 valence electrons. The Morgan fingerprint density at radius 2 is 1.81 bits per heavy atom. The van der Waals surface area contributed by atoms with Gasteiger partial charge in [-0.2, -0.15) is 0 Å². The van der Waals surface area contributed by atoms with Gasteiger partial charge in [0.25, 0.3) is 0 Å². The number of benzene rings is 3. The fourth-order valence-electron chi connectivity index (χ4n) is 2.95. The van der Waals surface area contributed by atoms with E-state index in [4.69, 9.17) is 14.0 Å². The molecule has 4 rings (SSSR count). The summed E-state index contributed by atoms with van der Waals surface area (Å²) in [7, 11) is 1.51. The van der Waals surface area contributed by atoms with E-state index < -0.39 is 5.97 Å². The topological polar surface area (TPSA) is 73.9 Å². The number of halogens is 1. The summed E-state index contributed by atoms with van der Waals surface area (Å²) in [6, 6.07) is 22.1. The van der Waals surface area contributed by atoms with Crippen LogP contribution in [0.1, 0.15) is 21.6 Å². The van der Waals surface area contributed by atoms with Crippen LogP contribution in [0.25, 0.3) is 11.3 Å². The fraction of sp³-hybridized carbons (Fsp3) is 0.0800. The summed E-state index contributed by atoms with van der Waals surface area (Å²) in [6.45, 7) is 2.00. The molecule has 0 aliphatic carbocycles. The third-order valence-corrected chi connectivity index (χ3v) is 5.19. The van der Waals surface area contributed by atoms with E-state index in [9.17, 15) is 4.79 Å². The van der Waals surface area contributed by atoms with Gasteiger partial charge in [0.2, 0.25) is 0 Å². The second-order valence-corrected chi connectivity index (χ2v) is 7.86. The minimum absolute atomic E-state index is 0.0577. The van der Waals surface area contributed by atoms with Gasteiger partial charge in [-0.25, -0.2) is 4.79 Å². The molecule has 0 aliphatic rings. The van der Waals surface area contributed by atoms with Crippen LogP contribution >= 0.6 is 15.9 Å². The quantitative estimate of drug-likeness (QED) is 0.178. The minimum atomic E-state index is -0.657. The number of carbonyl (C=O) groups is 1. The van der Waals surface area contributed by atoms with Gasteiger partial charge in [-0.3, -0.25) is 4.99 Å². The Hall–Kier alpha value is -3.71. The van der Waals surface area contributed by atoms with Crippen LogP contribution in [0.4, 0.5) is 5.69 Å². The minimum Gasteiger partial charge on any atom is -0.493 e. The molecule has 0 bridgehead atoms. The zero-order valence-corrected chi connectivity index (χ0v) is 19.0. The van der Waals surface area contributed by atoms with Crippen LogP contribution in [-0.2, 0) is 0 Å². The van der Waals surface area contributed by atoms with Crippen LogP contribution < -0.4 is 9.47 Å². The Morgan fingerprint density at radius 1 is 1.06 bits per heavy atom. The first-order valence-electron chi connectivity index (χ1n) is 9.76. The van der Waals surface area contributed by atoms with E-state index in [1.807, 2.05) is 55.5 Å². The number of aliphatic imine (C=N–C) groups is 1. The first kappa shape index (κ1) is 21.5. The van der Waals surface area contributed by atoms with Crippen LogP contribution in [0.3, 0.4) is 0 Å². The summed E-state index contributed by atoms with van der Waals surface area (Å²) in [5.74, 6) is 0.477. The maximum absolute atomic E-state index is 12.8. The first-order valence-corrected chi connectivity index (χ1v) is 10.6. The lowest BCUT2D eigenvalue weighted by Gasteiger charge is -2.10. The number of esters is 1. The van der Waals surface area contributed by atoms with Gasteiger partial charge in [0.05, 0.1) is 12.8 Å². The lowest BCUT2D eigenvalue weighted by Crippen LogP contribution is -2.11. The molecule has 6 nitrogen and oxygen atoms in total. The van der Waals surface area contributed by atoms with Gasteiger partial charge in [-0.05, 0) is 43.3 Å². The number of para-hydroxylation sites is 1. The van der Waals surface area contributed by atoms with Crippen molar-refractivity contribution >= 4 is 33.8 Å². The molecule has 3 aromatic carbocycles. The van der Waals surface area contributed by atoms with Crippen LogP contribution in [-0.4, -0.2) is 24.5 Å². The number of rotatable bonds is 6. The van der Waals surface area contributed by atoms with Crippen molar-refractivity contribution in [2.45, 2.75) is 6.92 Å². The summed E-state index contributed by atoms with van der Waals surface area (Å²) < 4.78 is 17.3. The molecule has 0 atom stereocenters. The molecule has 1 heterocycles. The van der Waals surface area contributed by atoms with E-state index >= 15 is 0 Å². The van der Waals surface area contributed by atoms with Crippen molar-refractivity contribution in [1.29, 1.82) is 0 Å². The van der Waals surface area contributed by atoms with E-state index in [0.29, 0.717) is 17.1 Å². The molecule has 0 saturated carbocycles. The van der Waals surface area contributed by atoms with Gasteiger partial charge in [-0.1, -0.05) is 57.0 Å². The number of nitrogens with zero attached hydrogens (tertiary/aromatic N) is 2. The monoisotopic (exact) mass is 490 g/mol. The smallest absolute Gasteiger partial charge is 0.366 e. The van der Waals surface area contributed by atoms with Crippen LogP contribution in [0.2, 0.25) is 0 Å². The molecule has 0 fully saturated rings.